The lowest BCUT2D eigenvalue weighted by Gasteiger charge is -2.10. The Morgan fingerprint density at radius 3 is 2.50 bits per heavy atom. The summed E-state index contributed by atoms with van der Waals surface area (Å²) in [4.78, 5) is 10.2. The Kier molecular flexibility index (Phi) is 3.05. The third kappa shape index (κ3) is 5.27. The molecule has 0 fully saturated rings. The summed E-state index contributed by atoms with van der Waals surface area (Å²) < 4.78 is 28.0. The van der Waals surface area contributed by atoms with Gasteiger partial charge in [0.2, 0.25) is 0 Å². The first-order chi connectivity index (χ1) is 4.45. The quantitative estimate of drug-likeness (QED) is 0.608. The largest absolute Gasteiger partial charge is 0.450 e. The third-order valence-electron chi connectivity index (χ3n) is 0.597. The standard InChI is InChI=1S/C5H9F2NO2/c1-3-10-4(9)8-5(2,6)7/h3H2,1-2H3,(H,8,9). The molecule has 60 valence electrons. The van der Waals surface area contributed by atoms with Crippen molar-refractivity contribution in [1.29, 1.82) is 0 Å². The molecule has 0 spiro atoms. The zero-order valence-electron chi connectivity index (χ0n) is 5.78. The predicted octanol–water partition coefficient (Wildman–Crippen LogP) is 1.35. The summed E-state index contributed by atoms with van der Waals surface area (Å²) in [5.41, 5.74) is 0. The Hall–Kier alpha value is -0.870. The van der Waals surface area contributed by atoms with E-state index in [0.717, 1.165) is 0 Å². The van der Waals surface area contributed by atoms with E-state index in [2.05, 4.69) is 4.74 Å². The molecular weight excluding hydrogens is 144 g/mol. The van der Waals surface area contributed by atoms with Crippen molar-refractivity contribution < 1.29 is 18.3 Å². The molecule has 0 heterocycles. The maximum Gasteiger partial charge on any atom is 0.411 e. The lowest BCUT2D eigenvalue weighted by molar-refractivity contribution is -0.0133. The van der Waals surface area contributed by atoms with Crippen molar-refractivity contribution in [2.75, 3.05) is 6.61 Å². The number of hydrogen-bond acceptors (Lipinski definition) is 2. The Balaban J connectivity index is 3.58. The van der Waals surface area contributed by atoms with Gasteiger partial charge in [-0.25, -0.2) is 4.79 Å². The maximum atomic E-state index is 11.9. The highest BCUT2D eigenvalue weighted by molar-refractivity contribution is 5.67. The summed E-state index contributed by atoms with van der Waals surface area (Å²) in [5.74, 6) is 0. The van der Waals surface area contributed by atoms with Gasteiger partial charge in [-0.1, -0.05) is 0 Å². The van der Waals surface area contributed by atoms with Crippen LogP contribution in [0.3, 0.4) is 0 Å². The number of nitrogens with one attached hydrogen (secondary N) is 1. The van der Waals surface area contributed by atoms with Gasteiger partial charge in [0.15, 0.2) is 0 Å². The molecule has 0 atom stereocenters. The SMILES string of the molecule is CCOC(=O)NC(C)(F)F. The van der Waals surface area contributed by atoms with Crippen LogP contribution in [0.1, 0.15) is 13.8 Å². The van der Waals surface area contributed by atoms with E-state index in [0.29, 0.717) is 6.92 Å². The molecule has 0 saturated heterocycles. The van der Waals surface area contributed by atoms with Crippen LogP contribution in [-0.2, 0) is 4.74 Å². The van der Waals surface area contributed by atoms with Gasteiger partial charge in [0, 0.05) is 6.92 Å². The van der Waals surface area contributed by atoms with Crippen molar-refractivity contribution in [3.8, 4) is 0 Å². The number of alkyl carbamates (subject to hydrolysis) is 1. The fourth-order valence-electron chi connectivity index (χ4n) is 0.346. The van der Waals surface area contributed by atoms with Gasteiger partial charge in [-0.05, 0) is 6.92 Å². The number of carbonyl (C=O) groups excluding carboxylic acids is 1. The van der Waals surface area contributed by atoms with Crippen molar-refractivity contribution in [3.63, 3.8) is 0 Å². The van der Waals surface area contributed by atoms with E-state index in [1.54, 1.807) is 0 Å². The first kappa shape index (κ1) is 9.13. The zero-order chi connectivity index (χ0) is 8.20. The molecule has 1 N–H and O–H groups in total. The second kappa shape index (κ2) is 3.34. The number of carbonyl (C=O) groups is 1. The fourth-order valence-corrected chi connectivity index (χ4v) is 0.346. The maximum absolute atomic E-state index is 11.9. The van der Waals surface area contributed by atoms with E-state index in [1.807, 2.05) is 0 Å². The molecule has 5 heteroatoms. The van der Waals surface area contributed by atoms with Crippen LogP contribution in [0.4, 0.5) is 13.6 Å². The van der Waals surface area contributed by atoms with Crippen LogP contribution in [0.2, 0.25) is 0 Å². The van der Waals surface area contributed by atoms with Gasteiger partial charge in [-0.3, -0.25) is 5.32 Å². The molecule has 10 heavy (non-hydrogen) atoms. The first-order valence-electron chi connectivity index (χ1n) is 2.78. The fraction of sp³-hybridized carbons (Fsp3) is 0.800. The van der Waals surface area contributed by atoms with Crippen molar-refractivity contribution >= 4 is 6.09 Å². The molecule has 0 aliphatic rings. The summed E-state index contributed by atoms with van der Waals surface area (Å²) in [6.07, 6.45) is -1.10. The second-order valence-electron chi connectivity index (χ2n) is 1.73. The zero-order valence-corrected chi connectivity index (χ0v) is 5.78. The highest BCUT2D eigenvalue weighted by Gasteiger charge is 2.23. The van der Waals surface area contributed by atoms with Gasteiger partial charge in [0.05, 0.1) is 6.61 Å². The van der Waals surface area contributed by atoms with Crippen molar-refractivity contribution in [3.05, 3.63) is 0 Å². The molecule has 1 amide bonds. The minimum atomic E-state index is -3.20. The molecule has 0 unspecified atom stereocenters. The second-order valence-corrected chi connectivity index (χ2v) is 1.73. The number of halogens is 2. The van der Waals surface area contributed by atoms with Crippen LogP contribution in [0, 0.1) is 0 Å². The molecule has 0 bridgehead atoms. The molecule has 0 radical (unpaired) electrons. The minimum Gasteiger partial charge on any atom is -0.450 e. The summed E-state index contributed by atoms with van der Waals surface area (Å²) in [7, 11) is 0. The van der Waals surface area contributed by atoms with Crippen LogP contribution < -0.4 is 5.32 Å². The number of hydrogen-bond donors (Lipinski definition) is 1. The van der Waals surface area contributed by atoms with Crippen molar-refractivity contribution in [1.82, 2.24) is 5.32 Å². The van der Waals surface area contributed by atoms with E-state index in [4.69, 9.17) is 0 Å². The van der Waals surface area contributed by atoms with Gasteiger partial charge in [-0.15, -0.1) is 0 Å². The Morgan fingerprint density at radius 1 is 1.70 bits per heavy atom. The summed E-state index contributed by atoms with van der Waals surface area (Å²) >= 11 is 0. The van der Waals surface area contributed by atoms with E-state index in [1.165, 1.54) is 12.2 Å². The van der Waals surface area contributed by atoms with Crippen LogP contribution in [-0.4, -0.2) is 18.7 Å². The molecule has 0 aromatic rings. The van der Waals surface area contributed by atoms with E-state index >= 15 is 0 Å². The monoisotopic (exact) mass is 153 g/mol. The Bertz CT molecular complexity index is 121. The molecule has 0 aliphatic heterocycles. The van der Waals surface area contributed by atoms with E-state index in [-0.39, 0.29) is 6.61 Å². The van der Waals surface area contributed by atoms with Crippen LogP contribution in [0.25, 0.3) is 0 Å². The molecule has 0 aliphatic carbocycles. The smallest absolute Gasteiger partial charge is 0.411 e. The third-order valence-corrected chi connectivity index (χ3v) is 0.597. The van der Waals surface area contributed by atoms with Gasteiger partial charge in [-0.2, -0.15) is 8.78 Å². The highest BCUT2D eigenvalue weighted by Crippen LogP contribution is 2.05. The number of rotatable bonds is 2. The number of alkyl halides is 2. The first-order valence-corrected chi connectivity index (χ1v) is 2.78. The van der Waals surface area contributed by atoms with Crippen molar-refractivity contribution in [2.45, 2.75) is 19.9 Å². The van der Waals surface area contributed by atoms with Crippen LogP contribution >= 0.6 is 0 Å². The van der Waals surface area contributed by atoms with Gasteiger partial charge < -0.3 is 4.74 Å². The lowest BCUT2D eigenvalue weighted by Crippen LogP contribution is -2.38. The summed E-state index contributed by atoms with van der Waals surface area (Å²) in [6, 6.07) is -3.20. The van der Waals surface area contributed by atoms with E-state index in [9.17, 15) is 13.6 Å². The predicted molar refractivity (Wildman–Crippen MR) is 30.8 cm³/mol. The Morgan fingerprint density at radius 2 is 2.20 bits per heavy atom. The molecule has 0 saturated carbocycles. The Labute approximate surface area is 57.4 Å². The van der Waals surface area contributed by atoms with Gasteiger partial charge >= 0.3 is 12.1 Å². The number of amides is 1. The molecular formula is C5H9F2NO2. The molecule has 0 aromatic heterocycles. The lowest BCUT2D eigenvalue weighted by atomic mass is 10.6. The molecule has 3 nitrogen and oxygen atoms in total. The summed E-state index contributed by atoms with van der Waals surface area (Å²) in [6.45, 7) is 2.19. The molecule has 0 rings (SSSR count). The van der Waals surface area contributed by atoms with E-state index < -0.39 is 12.1 Å². The average molecular weight is 153 g/mol. The van der Waals surface area contributed by atoms with Gasteiger partial charge in [0.1, 0.15) is 0 Å². The van der Waals surface area contributed by atoms with Crippen molar-refractivity contribution in [2.24, 2.45) is 0 Å². The molecule has 0 aromatic carbocycles. The van der Waals surface area contributed by atoms with Gasteiger partial charge in [0.25, 0.3) is 0 Å². The topological polar surface area (TPSA) is 38.3 Å². The van der Waals surface area contributed by atoms with Crippen LogP contribution in [0.15, 0.2) is 0 Å². The average Bonchev–Trinajstić information content (AvgIpc) is 1.59. The normalized spacial score (nSPS) is 10.8. The highest BCUT2D eigenvalue weighted by atomic mass is 19.3. The minimum absolute atomic E-state index is 0.0852. The van der Waals surface area contributed by atoms with Crippen LogP contribution in [0.5, 0.6) is 0 Å². The number of ether oxygens (including phenoxy) is 1. The summed E-state index contributed by atoms with van der Waals surface area (Å²) in [5, 5.41) is 1.33.